The minimum atomic E-state index is -0.527. The predicted molar refractivity (Wildman–Crippen MR) is 234 cm³/mol. The molecule has 0 N–H and O–H groups in total. The Hall–Kier alpha value is -7.21. The molecule has 5 heteroatoms. The second-order valence-electron chi connectivity index (χ2n) is 13.3. The van der Waals surface area contributed by atoms with Gasteiger partial charge in [-0.1, -0.05) is 151 Å². The largest absolute Gasteiger partial charge is 0.309 e. The van der Waals surface area contributed by atoms with Gasteiger partial charge in [0.25, 0.3) is 0 Å². The first kappa shape index (κ1) is 24.2. The van der Waals surface area contributed by atoms with E-state index >= 15 is 0 Å². The van der Waals surface area contributed by atoms with E-state index in [4.69, 9.17) is 27.3 Å². The highest BCUT2D eigenvalue weighted by Crippen LogP contribution is 2.41. The molecule has 3 aromatic heterocycles. The van der Waals surface area contributed by atoms with Crippen LogP contribution < -0.4 is 0 Å². The van der Waals surface area contributed by atoms with Gasteiger partial charge in [0.1, 0.15) is 0 Å². The highest BCUT2D eigenvalue weighted by atomic mass is 32.1. The lowest BCUT2D eigenvalue weighted by molar-refractivity contribution is 1.07. The fraction of sp³-hybridized carbons (Fsp3) is 0. The molecule has 56 heavy (non-hydrogen) atoms. The smallest absolute Gasteiger partial charge is 0.164 e. The minimum absolute atomic E-state index is 0.0482. The van der Waals surface area contributed by atoms with Gasteiger partial charge in [-0.15, -0.1) is 11.3 Å². The molecule has 0 saturated carbocycles. The van der Waals surface area contributed by atoms with E-state index in [9.17, 15) is 0 Å². The zero-order chi connectivity index (χ0) is 44.8. The Labute approximate surface area is 340 Å². The Morgan fingerprint density at radius 1 is 0.411 bits per heavy atom. The number of nitrogens with zero attached hydrogens (tertiary/aromatic N) is 4. The zero-order valence-corrected chi connectivity index (χ0v) is 30.3. The van der Waals surface area contributed by atoms with E-state index in [0.717, 1.165) is 42.4 Å². The van der Waals surface area contributed by atoms with Gasteiger partial charge in [0.15, 0.2) is 17.5 Å². The molecule has 0 atom stereocenters. The van der Waals surface area contributed by atoms with Gasteiger partial charge in [-0.05, 0) is 59.1 Å². The number of hydrogen-bond donors (Lipinski definition) is 0. The molecule has 11 rings (SSSR count). The summed E-state index contributed by atoms with van der Waals surface area (Å²) in [5, 5.41) is 2.83. The first-order valence-electron chi connectivity index (χ1n) is 22.5. The monoisotopic (exact) mass is 741 g/mol. The van der Waals surface area contributed by atoms with Crippen molar-refractivity contribution >= 4 is 53.3 Å². The third-order valence-electron chi connectivity index (χ3n) is 10.1. The number of benzene rings is 8. The van der Waals surface area contributed by atoms with Crippen molar-refractivity contribution in [3.63, 3.8) is 0 Å². The molecular weight excluding hydrogens is 701 g/mol. The molecule has 0 aliphatic rings. The van der Waals surface area contributed by atoms with Crippen LogP contribution in [0.2, 0.25) is 0 Å². The van der Waals surface area contributed by atoms with E-state index in [-0.39, 0.29) is 34.1 Å². The van der Waals surface area contributed by atoms with Crippen LogP contribution in [0.1, 0.15) is 12.3 Å². The average Bonchev–Trinajstić information content (AvgIpc) is 3.91. The van der Waals surface area contributed by atoms with Crippen molar-refractivity contribution in [3.8, 4) is 62.1 Å². The lowest BCUT2D eigenvalue weighted by Gasteiger charge is -2.13. The van der Waals surface area contributed by atoms with Crippen molar-refractivity contribution in [2.45, 2.75) is 0 Å². The van der Waals surface area contributed by atoms with Crippen LogP contribution in [0.4, 0.5) is 0 Å². The van der Waals surface area contributed by atoms with Gasteiger partial charge in [0.2, 0.25) is 0 Å². The Balaban J connectivity index is 1.13. The summed E-state index contributed by atoms with van der Waals surface area (Å²) in [4.78, 5) is 15.3. The SMILES string of the molecule is [2H]c1c([2H])c([2H])c(-c2cccc3c4c([2H])c([2H])c([2H])c([2H])c4n(-c4ccc(-c5nc(-c6ccc(-c7ccccc7)cc6)nc(-c6cccc7sc8ccccc8c67)n5)cc4)c23)c([2H])c1[2H]. The molecule has 0 radical (unpaired) electrons. The van der Waals surface area contributed by atoms with Crippen molar-refractivity contribution in [3.05, 3.63) is 194 Å². The summed E-state index contributed by atoms with van der Waals surface area (Å²) >= 11 is 1.71. The molecule has 3 heterocycles. The summed E-state index contributed by atoms with van der Waals surface area (Å²) < 4.78 is 82.3. The normalized spacial score (nSPS) is 13.8. The van der Waals surface area contributed by atoms with Crippen LogP contribution in [0.25, 0.3) is 104 Å². The molecule has 4 nitrogen and oxygen atoms in total. The van der Waals surface area contributed by atoms with Crippen LogP contribution in [0.15, 0.2) is 194 Å². The van der Waals surface area contributed by atoms with Crippen molar-refractivity contribution in [2.24, 2.45) is 0 Å². The summed E-state index contributed by atoms with van der Waals surface area (Å²) in [5.41, 5.74) is 5.72. The molecule has 0 saturated heterocycles. The molecule has 0 aliphatic carbocycles. The molecule has 0 bridgehead atoms. The maximum Gasteiger partial charge on any atom is 0.164 e. The first-order valence-corrected chi connectivity index (χ1v) is 18.9. The Morgan fingerprint density at radius 3 is 1.80 bits per heavy atom. The summed E-state index contributed by atoms with van der Waals surface area (Å²) in [6, 6.07) is 41.3. The quantitative estimate of drug-likeness (QED) is 0.170. The third kappa shape index (κ3) is 5.40. The first-order chi connectivity index (χ1) is 31.5. The van der Waals surface area contributed by atoms with Gasteiger partial charge >= 0.3 is 0 Å². The van der Waals surface area contributed by atoms with Gasteiger partial charge < -0.3 is 4.57 Å². The maximum atomic E-state index is 9.15. The zero-order valence-electron chi connectivity index (χ0n) is 38.5. The number of hydrogen-bond acceptors (Lipinski definition) is 4. The standard InChI is InChI=1S/C51H32N4S/c1-3-13-33(14-4-1)34-25-27-36(28-26-34)49-52-50(54-51(53-49)43-21-12-24-46-47(43)42-18-8-10-23-45(42)56-46)37-29-31-38(32-30-37)55-44-22-9-7-17-40(44)41-20-11-19-39(48(41)55)35-15-5-2-6-16-35/h1-32H/i2D,5D,6D,7D,9D,15D,16D,17D,22D. The molecule has 0 amide bonds. The highest BCUT2D eigenvalue weighted by Gasteiger charge is 2.19. The summed E-state index contributed by atoms with van der Waals surface area (Å²) in [7, 11) is 0. The third-order valence-corrected chi connectivity index (χ3v) is 11.2. The lowest BCUT2D eigenvalue weighted by Crippen LogP contribution is -2.01. The topological polar surface area (TPSA) is 43.6 Å². The van der Waals surface area contributed by atoms with Gasteiger partial charge in [0.05, 0.1) is 23.4 Å². The molecule has 0 unspecified atom stereocenters. The van der Waals surface area contributed by atoms with Gasteiger partial charge in [0, 0.05) is 58.9 Å². The minimum Gasteiger partial charge on any atom is -0.309 e. The Kier molecular flexibility index (Phi) is 5.75. The molecule has 11 aromatic rings. The van der Waals surface area contributed by atoms with E-state index in [2.05, 4.69) is 42.5 Å². The molecule has 8 aromatic carbocycles. The Bertz CT molecular complexity index is 3730. The van der Waals surface area contributed by atoms with Crippen molar-refractivity contribution < 1.29 is 12.3 Å². The van der Waals surface area contributed by atoms with E-state index in [1.807, 2.05) is 66.7 Å². The van der Waals surface area contributed by atoms with E-state index in [1.165, 1.54) is 0 Å². The summed E-state index contributed by atoms with van der Waals surface area (Å²) in [5.74, 6) is 1.38. The van der Waals surface area contributed by atoms with Gasteiger partial charge in [-0.25, -0.2) is 15.0 Å². The molecular formula is C51H32N4S. The second-order valence-corrected chi connectivity index (χ2v) is 14.4. The maximum absolute atomic E-state index is 9.15. The molecule has 0 fully saturated rings. The highest BCUT2D eigenvalue weighted by molar-refractivity contribution is 7.25. The molecule has 262 valence electrons. The van der Waals surface area contributed by atoms with Crippen LogP contribution in [-0.4, -0.2) is 19.5 Å². The molecule has 0 spiro atoms. The van der Waals surface area contributed by atoms with Gasteiger partial charge in [-0.3, -0.25) is 0 Å². The van der Waals surface area contributed by atoms with Crippen LogP contribution in [0, 0.1) is 0 Å². The predicted octanol–water partition coefficient (Wildman–Crippen LogP) is 13.7. The number of fused-ring (bicyclic) bond motifs is 6. The summed E-state index contributed by atoms with van der Waals surface area (Å²) in [6.07, 6.45) is 0. The van der Waals surface area contributed by atoms with Gasteiger partial charge in [-0.2, -0.15) is 0 Å². The fourth-order valence-electron chi connectivity index (χ4n) is 7.53. The number of thiophene rings is 1. The number of rotatable bonds is 6. The van der Waals surface area contributed by atoms with Crippen LogP contribution >= 0.6 is 11.3 Å². The number of aromatic nitrogens is 4. The fourth-order valence-corrected chi connectivity index (χ4v) is 8.66. The second kappa shape index (κ2) is 13.3. The van der Waals surface area contributed by atoms with Crippen molar-refractivity contribution in [1.29, 1.82) is 0 Å². The van der Waals surface area contributed by atoms with Crippen LogP contribution in [0.5, 0.6) is 0 Å². The Morgan fingerprint density at radius 2 is 1.00 bits per heavy atom. The van der Waals surface area contributed by atoms with E-state index < -0.39 is 42.3 Å². The lowest BCUT2D eigenvalue weighted by atomic mass is 10.0. The average molecular weight is 742 g/mol. The van der Waals surface area contributed by atoms with Crippen molar-refractivity contribution in [1.82, 2.24) is 19.5 Å². The molecule has 0 aliphatic heterocycles. The number of para-hydroxylation sites is 2. The van der Waals surface area contributed by atoms with Crippen molar-refractivity contribution in [2.75, 3.05) is 0 Å². The van der Waals surface area contributed by atoms with E-state index in [1.54, 1.807) is 46.2 Å². The summed E-state index contributed by atoms with van der Waals surface area (Å²) in [6.45, 7) is 0. The van der Waals surface area contributed by atoms with E-state index in [0.29, 0.717) is 39.6 Å². The van der Waals surface area contributed by atoms with Crippen LogP contribution in [0.3, 0.4) is 0 Å². The van der Waals surface area contributed by atoms with Crippen LogP contribution in [-0.2, 0) is 0 Å².